The van der Waals surface area contributed by atoms with Crippen LogP contribution >= 0.6 is 11.6 Å². The van der Waals surface area contributed by atoms with E-state index in [0.29, 0.717) is 5.56 Å². The van der Waals surface area contributed by atoms with Gasteiger partial charge >= 0.3 is 6.18 Å². The maximum atomic E-state index is 12.1. The summed E-state index contributed by atoms with van der Waals surface area (Å²) in [5.74, 6) is 0.116. The summed E-state index contributed by atoms with van der Waals surface area (Å²) < 4.78 is 36.3. The molecular formula is C9H10ClF3N2O. The zero-order valence-corrected chi connectivity index (χ0v) is 9.18. The predicted octanol–water partition coefficient (Wildman–Crippen LogP) is 2.23. The van der Waals surface area contributed by atoms with Crippen LogP contribution in [0.5, 0.6) is 0 Å². The van der Waals surface area contributed by atoms with E-state index < -0.39 is 12.7 Å². The van der Waals surface area contributed by atoms with Gasteiger partial charge in [-0.25, -0.2) is 4.98 Å². The van der Waals surface area contributed by atoms with Gasteiger partial charge in [0.05, 0.1) is 11.6 Å². The fourth-order valence-corrected chi connectivity index (χ4v) is 1.31. The first-order valence-electron chi connectivity index (χ1n) is 4.36. The van der Waals surface area contributed by atoms with Crippen LogP contribution in [0.1, 0.15) is 5.56 Å². The Morgan fingerprint density at radius 3 is 2.62 bits per heavy atom. The monoisotopic (exact) mass is 254 g/mol. The van der Waals surface area contributed by atoms with E-state index in [1.165, 1.54) is 19.3 Å². The largest absolute Gasteiger partial charge is 0.405 e. The first kappa shape index (κ1) is 13.1. The van der Waals surface area contributed by atoms with Crippen molar-refractivity contribution in [3.05, 3.63) is 22.8 Å². The second-order valence-electron chi connectivity index (χ2n) is 3.26. The van der Waals surface area contributed by atoms with Crippen molar-refractivity contribution in [2.24, 2.45) is 0 Å². The Balaban J connectivity index is 2.88. The van der Waals surface area contributed by atoms with E-state index in [4.69, 9.17) is 16.7 Å². The summed E-state index contributed by atoms with van der Waals surface area (Å²) in [4.78, 5) is 4.69. The summed E-state index contributed by atoms with van der Waals surface area (Å²) in [6, 6.07) is 1.33. The maximum absolute atomic E-state index is 12.1. The van der Waals surface area contributed by atoms with Gasteiger partial charge in [-0.05, 0) is 6.07 Å². The van der Waals surface area contributed by atoms with Gasteiger partial charge in [-0.3, -0.25) is 0 Å². The molecule has 1 heterocycles. The molecule has 1 aromatic heterocycles. The number of aliphatic hydroxyl groups is 1. The molecule has 7 heteroatoms. The van der Waals surface area contributed by atoms with Crippen molar-refractivity contribution >= 4 is 17.4 Å². The third-order valence-electron chi connectivity index (χ3n) is 1.90. The molecule has 0 saturated heterocycles. The van der Waals surface area contributed by atoms with Crippen LogP contribution in [0.25, 0.3) is 0 Å². The fourth-order valence-electron chi connectivity index (χ4n) is 1.15. The lowest BCUT2D eigenvalue weighted by Crippen LogP contribution is -2.31. The third-order valence-corrected chi connectivity index (χ3v) is 2.24. The van der Waals surface area contributed by atoms with Crippen LogP contribution in [0, 0.1) is 0 Å². The predicted molar refractivity (Wildman–Crippen MR) is 54.5 cm³/mol. The lowest BCUT2D eigenvalue weighted by molar-refractivity contribution is -0.119. The molecule has 0 aliphatic carbocycles. The molecule has 0 atom stereocenters. The molecule has 0 fully saturated rings. The quantitative estimate of drug-likeness (QED) is 0.899. The second-order valence-corrected chi connectivity index (χ2v) is 3.67. The summed E-state index contributed by atoms with van der Waals surface area (Å²) in [6.45, 7) is -1.44. The zero-order chi connectivity index (χ0) is 12.3. The lowest BCUT2D eigenvalue weighted by atomic mass is 10.2. The molecule has 90 valence electrons. The van der Waals surface area contributed by atoms with Gasteiger partial charge in [0, 0.05) is 18.8 Å². The number of anilines is 1. The van der Waals surface area contributed by atoms with Crippen LogP contribution < -0.4 is 4.90 Å². The molecule has 0 aliphatic rings. The zero-order valence-electron chi connectivity index (χ0n) is 8.42. The van der Waals surface area contributed by atoms with Crippen molar-refractivity contribution in [3.63, 3.8) is 0 Å². The van der Waals surface area contributed by atoms with Crippen molar-refractivity contribution in [3.8, 4) is 0 Å². The normalized spacial score (nSPS) is 11.6. The van der Waals surface area contributed by atoms with Gasteiger partial charge in [0.2, 0.25) is 0 Å². The Kier molecular flexibility index (Phi) is 3.98. The molecule has 1 N–H and O–H groups in total. The van der Waals surface area contributed by atoms with Crippen LogP contribution in [-0.4, -0.2) is 29.9 Å². The van der Waals surface area contributed by atoms with E-state index in [1.54, 1.807) is 0 Å². The average Bonchev–Trinajstić information content (AvgIpc) is 2.15. The highest BCUT2D eigenvalue weighted by molar-refractivity contribution is 6.31. The van der Waals surface area contributed by atoms with Crippen LogP contribution in [0.15, 0.2) is 12.3 Å². The molecule has 0 bridgehead atoms. The Morgan fingerprint density at radius 2 is 2.12 bits per heavy atom. The molecule has 0 aromatic carbocycles. The van der Waals surface area contributed by atoms with Crippen LogP contribution in [0.4, 0.5) is 19.0 Å². The molecule has 0 spiro atoms. The first-order valence-corrected chi connectivity index (χ1v) is 4.74. The number of hydrogen-bond acceptors (Lipinski definition) is 3. The van der Waals surface area contributed by atoms with Crippen LogP contribution in [-0.2, 0) is 6.61 Å². The number of pyridine rings is 1. The minimum Gasteiger partial charge on any atom is -0.392 e. The summed E-state index contributed by atoms with van der Waals surface area (Å²) in [5, 5.41) is 9.13. The van der Waals surface area contributed by atoms with Gasteiger partial charge < -0.3 is 10.0 Å². The maximum Gasteiger partial charge on any atom is 0.405 e. The molecule has 1 rings (SSSR count). The molecule has 16 heavy (non-hydrogen) atoms. The topological polar surface area (TPSA) is 36.4 Å². The summed E-state index contributed by atoms with van der Waals surface area (Å²) >= 11 is 5.67. The first-order chi connectivity index (χ1) is 7.33. The number of hydrogen-bond donors (Lipinski definition) is 1. The Labute approximate surface area is 95.5 Å². The SMILES string of the molecule is CN(CC(F)(F)F)c1cc(CO)c(Cl)cn1. The van der Waals surface area contributed by atoms with E-state index in [9.17, 15) is 13.2 Å². The summed E-state index contributed by atoms with van der Waals surface area (Å²) in [5.41, 5.74) is 0.348. The molecule has 3 nitrogen and oxygen atoms in total. The average molecular weight is 255 g/mol. The van der Waals surface area contributed by atoms with Gasteiger partial charge in [0.1, 0.15) is 12.4 Å². The standard InChI is InChI=1S/C9H10ClF3N2O/c1-15(5-9(11,12)13)8-2-6(4-16)7(10)3-14-8/h2-3,16H,4-5H2,1H3. The van der Waals surface area contributed by atoms with Crippen molar-refractivity contribution in [2.75, 3.05) is 18.5 Å². The van der Waals surface area contributed by atoms with Crippen molar-refractivity contribution in [2.45, 2.75) is 12.8 Å². The van der Waals surface area contributed by atoms with Crippen molar-refractivity contribution in [1.29, 1.82) is 0 Å². The molecule has 0 radical (unpaired) electrons. The van der Waals surface area contributed by atoms with E-state index in [2.05, 4.69) is 4.98 Å². The second kappa shape index (κ2) is 4.88. The summed E-state index contributed by atoms with van der Waals surface area (Å²) in [7, 11) is 1.27. The minimum atomic E-state index is -4.30. The lowest BCUT2D eigenvalue weighted by Gasteiger charge is -2.20. The van der Waals surface area contributed by atoms with Gasteiger partial charge in [0.15, 0.2) is 0 Å². The van der Waals surface area contributed by atoms with Crippen molar-refractivity contribution in [1.82, 2.24) is 4.98 Å². The smallest absolute Gasteiger partial charge is 0.392 e. The minimum absolute atomic E-state index is 0.116. The molecule has 0 aliphatic heterocycles. The molecule has 0 unspecified atom stereocenters. The van der Waals surface area contributed by atoms with E-state index in [-0.39, 0.29) is 17.4 Å². The molecular weight excluding hydrogens is 245 g/mol. The molecule has 0 saturated carbocycles. The molecule has 0 amide bonds. The number of nitrogens with zero attached hydrogens (tertiary/aromatic N) is 2. The highest BCUT2D eigenvalue weighted by atomic mass is 35.5. The summed E-state index contributed by atoms with van der Waals surface area (Å²) in [6.07, 6.45) is -3.08. The third kappa shape index (κ3) is 3.53. The van der Waals surface area contributed by atoms with Gasteiger partial charge in [-0.1, -0.05) is 11.6 Å². The van der Waals surface area contributed by atoms with Gasteiger partial charge in [0.25, 0.3) is 0 Å². The molecule has 1 aromatic rings. The van der Waals surface area contributed by atoms with E-state index in [1.807, 2.05) is 0 Å². The Morgan fingerprint density at radius 1 is 1.50 bits per heavy atom. The van der Waals surface area contributed by atoms with E-state index >= 15 is 0 Å². The Hall–Kier alpha value is -1.01. The number of rotatable bonds is 3. The van der Waals surface area contributed by atoms with Crippen molar-refractivity contribution < 1.29 is 18.3 Å². The highest BCUT2D eigenvalue weighted by Gasteiger charge is 2.29. The number of aliphatic hydroxyl groups excluding tert-OH is 1. The number of alkyl halides is 3. The highest BCUT2D eigenvalue weighted by Crippen LogP contribution is 2.23. The van der Waals surface area contributed by atoms with Crippen LogP contribution in [0.3, 0.4) is 0 Å². The number of halogens is 4. The van der Waals surface area contributed by atoms with Gasteiger partial charge in [-0.2, -0.15) is 13.2 Å². The van der Waals surface area contributed by atoms with Gasteiger partial charge in [-0.15, -0.1) is 0 Å². The van der Waals surface area contributed by atoms with Crippen LogP contribution in [0.2, 0.25) is 5.02 Å². The Bertz CT molecular complexity index is 370. The fraction of sp³-hybridized carbons (Fsp3) is 0.444. The van der Waals surface area contributed by atoms with E-state index in [0.717, 1.165) is 4.90 Å². The number of aromatic nitrogens is 1.